The molecule has 4 fully saturated rings. The summed E-state index contributed by atoms with van der Waals surface area (Å²) in [5.41, 5.74) is 7.33. The van der Waals surface area contributed by atoms with Crippen LogP contribution in [-0.4, -0.2) is 13.7 Å². The molecule has 0 N–H and O–H groups in total. The van der Waals surface area contributed by atoms with E-state index in [9.17, 15) is 0 Å². The molecule has 8 rings (SSSR count). The Balaban J connectivity index is 1.23. The Morgan fingerprint density at radius 2 is 1.74 bits per heavy atom. The van der Waals surface area contributed by atoms with Crippen LogP contribution >= 0.6 is 11.3 Å². The number of ether oxygens (including phenoxy) is 1. The van der Waals surface area contributed by atoms with E-state index in [4.69, 9.17) is 4.74 Å². The minimum absolute atomic E-state index is 0.338. The number of aryl methyl sites for hydroxylation is 1. The smallest absolute Gasteiger partial charge is 0.122 e. The molecule has 0 saturated heterocycles. The number of rotatable bonds is 5. The van der Waals surface area contributed by atoms with Crippen molar-refractivity contribution in [1.82, 2.24) is 0 Å². The van der Waals surface area contributed by atoms with Crippen LogP contribution in [0.15, 0.2) is 53.9 Å². The van der Waals surface area contributed by atoms with Gasteiger partial charge in [0.05, 0.1) is 7.11 Å². The van der Waals surface area contributed by atoms with Crippen LogP contribution in [0.4, 0.5) is 11.4 Å². The van der Waals surface area contributed by atoms with Gasteiger partial charge < -0.3 is 9.64 Å². The lowest BCUT2D eigenvalue weighted by atomic mass is 9.48. The highest BCUT2D eigenvalue weighted by Gasteiger charge is 2.52. The Kier molecular flexibility index (Phi) is 5.31. The minimum Gasteiger partial charge on any atom is -0.496 e. The summed E-state index contributed by atoms with van der Waals surface area (Å²) >= 11 is 1.79. The first-order chi connectivity index (χ1) is 17.2. The molecule has 2 nitrogen and oxygen atoms in total. The Morgan fingerprint density at radius 1 is 0.943 bits per heavy atom. The third-order valence-corrected chi connectivity index (χ3v) is 10.1. The van der Waals surface area contributed by atoms with E-state index < -0.39 is 0 Å². The van der Waals surface area contributed by atoms with Crippen LogP contribution in [0.2, 0.25) is 0 Å². The molecule has 3 heteroatoms. The number of hydrogen-bond acceptors (Lipinski definition) is 3. The first kappa shape index (κ1) is 21.7. The molecule has 5 aliphatic rings. The van der Waals surface area contributed by atoms with Crippen molar-refractivity contribution in [2.45, 2.75) is 56.8 Å². The Labute approximate surface area is 213 Å². The second-order valence-electron chi connectivity index (χ2n) is 11.6. The van der Waals surface area contributed by atoms with Crippen molar-refractivity contribution in [2.75, 3.05) is 18.6 Å². The van der Waals surface area contributed by atoms with Gasteiger partial charge in [0.25, 0.3) is 0 Å². The normalized spacial score (nSPS) is 29.1. The lowest BCUT2D eigenvalue weighted by molar-refractivity contribution is -0.00613. The Morgan fingerprint density at radius 3 is 2.46 bits per heavy atom. The molecule has 0 atom stereocenters. The monoisotopic (exact) mass is 481 g/mol. The summed E-state index contributed by atoms with van der Waals surface area (Å²) in [6.07, 6.45) is 15.4. The van der Waals surface area contributed by atoms with Gasteiger partial charge in [0, 0.05) is 28.4 Å². The van der Waals surface area contributed by atoms with Crippen LogP contribution in [0.25, 0.3) is 12.2 Å². The number of hydrogen-bond donors (Lipinski definition) is 0. The zero-order valence-corrected chi connectivity index (χ0v) is 21.5. The van der Waals surface area contributed by atoms with Crippen molar-refractivity contribution < 1.29 is 4.74 Å². The fourth-order valence-electron chi connectivity index (χ4n) is 8.27. The summed E-state index contributed by atoms with van der Waals surface area (Å²) in [6, 6.07) is 18.4. The molecule has 0 unspecified atom stereocenters. The van der Waals surface area contributed by atoms with Gasteiger partial charge in [-0.05, 0) is 134 Å². The van der Waals surface area contributed by atoms with Gasteiger partial charge in [-0.25, -0.2) is 0 Å². The largest absolute Gasteiger partial charge is 0.496 e. The van der Waals surface area contributed by atoms with Crippen LogP contribution in [0, 0.1) is 17.8 Å². The van der Waals surface area contributed by atoms with Crippen molar-refractivity contribution in [3.63, 3.8) is 0 Å². The molecule has 2 aromatic carbocycles. The van der Waals surface area contributed by atoms with Gasteiger partial charge in [0.15, 0.2) is 0 Å². The zero-order valence-electron chi connectivity index (χ0n) is 20.7. The van der Waals surface area contributed by atoms with E-state index in [0.29, 0.717) is 5.41 Å². The van der Waals surface area contributed by atoms with Gasteiger partial charge in [-0.3, -0.25) is 0 Å². The summed E-state index contributed by atoms with van der Waals surface area (Å²) in [4.78, 5) is 3.87. The molecule has 0 amide bonds. The van der Waals surface area contributed by atoms with E-state index in [1.54, 1.807) is 11.3 Å². The standard InChI is InChI=1S/C32H35NOS/c1-34-31-11-8-27(18-29(31)32-19-23-14-24(20-32)16-25(15-23)21-32)33-12-2-4-26-17-22(7-10-30(26)33)6-9-28-5-3-13-35-28/h3,5-11,13,17-18,23-25H,2,4,12,14-16,19-21H2,1H3/b9-6+. The van der Waals surface area contributed by atoms with E-state index in [1.807, 2.05) is 7.11 Å². The van der Waals surface area contributed by atoms with Crippen LogP contribution in [0.5, 0.6) is 5.75 Å². The molecule has 0 radical (unpaired) electrons. The highest BCUT2D eigenvalue weighted by atomic mass is 32.1. The summed E-state index contributed by atoms with van der Waals surface area (Å²) in [6.45, 7) is 1.09. The molecule has 4 aliphatic carbocycles. The van der Waals surface area contributed by atoms with Gasteiger partial charge in [-0.15, -0.1) is 11.3 Å². The first-order valence-electron chi connectivity index (χ1n) is 13.5. The van der Waals surface area contributed by atoms with Crippen LogP contribution in [0.3, 0.4) is 0 Å². The molecule has 2 heterocycles. The third-order valence-electron chi connectivity index (χ3n) is 9.31. The van der Waals surface area contributed by atoms with Crippen LogP contribution in [-0.2, 0) is 11.8 Å². The summed E-state index contributed by atoms with van der Waals surface area (Å²) in [7, 11) is 1.86. The molecule has 4 saturated carbocycles. The number of nitrogens with zero attached hydrogens (tertiary/aromatic N) is 1. The summed E-state index contributed by atoms with van der Waals surface area (Å²) in [5, 5.41) is 2.14. The lowest BCUT2D eigenvalue weighted by Crippen LogP contribution is -2.48. The van der Waals surface area contributed by atoms with Crippen molar-refractivity contribution in [3.8, 4) is 5.75 Å². The van der Waals surface area contributed by atoms with Crippen LogP contribution in [0.1, 0.15) is 66.5 Å². The minimum atomic E-state index is 0.338. The SMILES string of the molecule is COc1ccc(N2CCCc3cc(/C=C/c4cccs4)ccc32)cc1C12CC3CC(CC(C3)C1)C2. The molecule has 0 spiro atoms. The van der Waals surface area contributed by atoms with E-state index in [0.717, 1.165) is 36.5 Å². The number of fused-ring (bicyclic) bond motifs is 1. The zero-order chi connectivity index (χ0) is 23.4. The average molecular weight is 482 g/mol. The van der Waals surface area contributed by atoms with Gasteiger partial charge in [0.1, 0.15) is 5.75 Å². The van der Waals surface area contributed by atoms with E-state index >= 15 is 0 Å². The molecular weight excluding hydrogens is 446 g/mol. The molecular formula is C32H35NOS. The fourth-order valence-corrected chi connectivity index (χ4v) is 8.89. The number of thiophene rings is 1. The van der Waals surface area contributed by atoms with Crippen molar-refractivity contribution in [2.24, 2.45) is 17.8 Å². The topological polar surface area (TPSA) is 12.5 Å². The van der Waals surface area contributed by atoms with Crippen molar-refractivity contribution in [1.29, 1.82) is 0 Å². The predicted octanol–water partition coefficient (Wildman–Crippen LogP) is 8.48. The molecule has 1 aromatic heterocycles. The molecule has 4 bridgehead atoms. The van der Waals surface area contributed by atoms with Crippen molar-refractivity contribution in [3.05, 3.63) is 75.5 Å². The predicted molar refractivity (Wildman–Crippen MR) is 148 cm³/mol. The van der Waals surface area contributed by atoms with Gasteiger partial charge in [0.2, 0.25) is 0 Å². The van der Waals surface area contributed by atoms with E-state index in [1.165, 1.54) is 77.9 Å². The maximum absolute atomic E-state index is 5.99. The molecule has 180 valence electrons. The number of methoxy groups -OCH3 is 1. The maximum Gasteiger partial charge on any atom is 0.122 e. The second-order valence-corrected chi connectivity index (χ2v) is 12.6. The highest BCUT2D eigenvalue weighted by molar-refractivity contribution is 7.10. The molecule has 35 heavy (non-hydrogen) atoms. The first-order valence-corrected chi connectivity index (χ1v) is 14.4. The summed E-state index contributed by atoms with van der Waals surface area (Å²) in [5.74, 6) is 3.92. The molecule has 1 aliphatic heterocycles. The van der Waals surface area contributed by atoms with Crippen LogP contribution < -0.4 is 9.64 Å². The highest BCUT2D eigenvalue weighted by Crippen LogP contribution is 2.62. The second kappa shape index (κ2) is 8.55. The maximum atomic E-state index is 5.99. The van der Waals surface area contributed by atoms with Crippen molar-refractivity contribution >= 4 is 34.9 Å². The third kappa shape index (κ3) is 3.83. The van der Waals surface area contributed by atoms with Gasteiger partial charge in [-0.1, -0.05) is 18.2 Å². The summed E-state index contributed by atoms with van der Waals surface area (Å²) < 4.78 is 5.99. The number of benzene rings is 2. The quantitative estimate of drug-likeness (QED) is 0.362. The van der Waals surface area contributed by atoms with E-state index in [2.05, 4.69) is 71.0 Å². The lowest BCUT2D eigenvalue weighted by Gasteiger charge is -2.57. The van der Waals surface area contributed by atoms with Gasteiger partial charge in [-0.2, -0.15) is 0 Å². The average Bonchev–Trinajstić information content (AvgIpc) is 3.40. The molecule has 3 aromatic rings. The Hall–Kier alpha value is -2.52. The Bertz CT molecular complexity index is 1220. The van der Waals surface area contributed by atoms with Gasteiger partial charge >= 0.3 is 0 Å². The van der Waals surface area contributed by atoms with E-state index in [-0.39, 0.29) is 0 Å². The number of anilines is 2. The fraction of sp³-hybridized carbons (Fsp3) is 0.438.